The van der Waals surface area contributed by atoms with E-state index in [9.17, 15) is 0 Å². The van der Waals surface area contributed by atoms with E-state index in [1.54, 1.807) is 0 Å². The molecule has 6 nitrogen and oxygen atoms in total. The molecule has 7 aromatic carbocycles. The molecule has 244 valence electrons. The predicted octanol–water partition coefficient (Wildman–Crippen LogP) is 5.88. The van der Waals surface area contributed by atoms with Crippen molar-refractivity contribution in [1.82, 2.24) is 19.1 Å². The zero-order valence-corrected chi connectivity index (χ0v) is 28.5. The van der Waals surface area contributed by atoms with Gasteiger partial charge in [0, 0.05) is 28.1 Å². The van der Waals surface area contributed by atoms with Crippen LogP contribution in [0.4, 0.5) is 0 Å². The fraction of sp³-hybridized carbons (Fsp3) is 0.0222. The molecular formula is C45H26B2N4O2. The first-order chi connectivity index (χ1) is 26.2. The number of rotatable bonds is 2. The molecule has 0 saturated carbocycles. The highest BCUT2D eigenvalue weighted by Crippen LogP contribution is 2.41. The number of hydrogen-bond donors (Lipinski definition) is 0. The third-order valence-corrected chi connectivity index (χ3v) is 11.8. The minimum absolute atomic E-state index is 0.0447. The molecular weight excluding hydrogens is 650 g/mol. The van der Waals surface area contributed by atoms with Crippen molar-refractivity contribution in [2.75, 3.05) is 0 Å². The first-order valence-corrected chi connectivity index (χ1v) is 18.2. The van der Waals surface area contributed by atoms with E-state index in [4.69, 9.17) is 19.4 Å². The zero-order chi connectivity index (χ0) is 34.5. The van der Waals surface area contributed by atoms with Gasteiger partial charge in [0.2, 0.25) is 0 Å². The van der Waals surface area contributed by atoms with Gasteiger partial charge in [0.05, 0.1) is 22.1 Å². The van der Waals surface area contributed by atoms with Gasteiger partial charge >= 0.3 is 0 Å². The summed E-state index contributed by atoms with van der Waals surface area (Å²) in [5, 5.41) is 0. The second kappa shape index (κ2) is 9.75. The fourth-order valence-corrected chi connectivity index (χ4v) is 9.73. The van der Waals surface area contributed by atoms with E-state index >= 15 is 0 Å². The quantitative estimate of drug-likeness (QED) is 0.215. The van der Waals surface area contributed by atoms with Crippen LogP contribution < -0.4 is 42.3 Å². The van der Waals surface area contributed by atoms with E-state index in [-0.39, 0.29) is 13.4 Å². The molecule has 0 N–H and O–H groups in total. The van der Waals surface area contributed by atoms with Gasteiger partial charge in [-0.25, -0.2) is 9.97 Å². The van der Waals surface area contributed by atoms with Crippen LogP contribution in [0.3, 0.4) is 0 Å². The average molecular weight is 676 g/mol. The van der Waals surface area contributed by atoms with Gasteiger partial charge in [0.15, 0.2) is 0 Å². The molecule has 13 rings (SSSR count). The summed E-state index contributed by atoms with van der Waals surface area (Å²) in [4.78, 5) is 10.5. The van der Waals surface area contributed by atoms with Crippen LogP contribution in [0.1, 0.15) is 5.56 Å². The van der Waals surface area contributed by atoms with Crippen molar-refractivity contribution >= 4 is 68.3 Å². The highest BCUT2D eigenvalue weighted by atomic mass is 16.5. The summed E-state index contributed by atoms with van der Waals surface area (Å²) in [5.74, 6) is 5.36. The largest absolute Gasteiger partial charge is 0.458 e. The van der Waals surface area contributed by atoms with Crippen molar-refractivity contribution in [1.29, 1.82) is 0 Å². The van der Waals surface area contributed by atoms with Crippen LogP contribution in [0.5, 0.6) is 23.0 Å². The minimum atomic E-state index is -0.0447. The van der Waals surface area contributed by atoms with Gasteiger partial charge in [0.1, 0.15) is 34.6 Å². The van der Waals surface area contributed by atoms with Gasteiger partial charge in [-0.2, -0.15) is 0 Å². The molecule has 0 spiro atoms. The van der Waals surface area contributed by atoms with Crippen LogP contribution >= 0.6 is 0 Å². The van der Waals surface area contributed by atoms with Crippen LogP contribution in [-0.4, -0.2) is 32.5 Å². The van der Waals surface area contributed by atoms with Gasteiger partial charge in [-0.3, -0.25) is 9.13 Å². The zero-order valence-electron chi connectivity index (χ0n) is 28.5. The molecule has 0 bridgehead atoms. The van der Waals surface area contributed by atoms with Gasteiger partial charge in [-0.05, 0) is 76.1 Å². The molecule has 2 aromatic heterocycles. The maximum absolute atomic E-state index is 6.99. The summed E-state index contributed by atoms with van der Waals surface area (Å²) in [6.07, 6.45) is 0. The Labute approximate surface area is 305 Å². The minimum Gasteiger partial charge on any atom is -0.458 e. The maximum atomic E-state index is 6.99. The second-order valence-corrected chi connectivity index (χ2v) is 14.5. The van der Waals surface area contributed by atoms with Crippen molar-refractivity contribution in [2.24, 2.45) is 0 Å². The number of para-hydroxylation sites is 2. The Balaban J connectivity index is 1.09. The number of imidazole rings is 2. The monoisotopic (exact) mass is 676 g/mol. The molecule has 4 aliphatic rings. The molecule has 0 unspecified atom stereocenters. The lowest BCUT2D eigenvalue weighted by molar-refractivity contribution is 0.459. The summed E-state index contributed by atoms with van der Waals surface area (Å²) in [6, 6.07) is 49.3. The van der Waals surface area contributed by atoms with E-state index in [2.05, 4.69) is 156 Å². The van der Waals surface area contributed by atoms with Crippen molar-refractivity contribution < 1.29 is 9.47 Å². The van der Waals surface area contributed by atoms with E-state index in [0.29, 0.717) is 0 Å². The smallest absolute Gasteiger partial charge is 0.256 e. The van der Waals surface area contributed by atoms with Crippen LogP contribution in [-0.2, 0) is 0 Å². The molecule has 0 fully saturated rings. The van der Waals surface area contributed by atoms with Gasteiger partial charge < -0.3 is 9.47 Å². The number of benzene rings is 7. The van der Waals surface area contributed by atoms with Crippen molar-refractivity contribution in [3.8, 4) is 57.1 Å². The van der Waals surface area contributed by atoms with Crippen molar-refractivity contribution in [2.45, 2.75) is 6.92 Å². The molecule has 9 aromatic rings. The Bertz CT molecular complexity index is 2890. The second-order valence-electron chi connectivity index (χ2n) is 14.5. The van der Waals surface area contributed by atoms with Gasteiger partial charge in [0.25, 0.3) is 13.4 Å². The van der Waals surface area contributed by atoms with Gasteiger partial charge in [-0.1, -0.05) is 103 Å². The van der Waals surface area contributed by atoms with Crippen molar-refractivity contribution in [3.05, 3.63) is 145 Å². The van der Waals surface area contributed by atoms with E-state index in [0.717, 1.165) is 95.7 Å². The summed E-state index contributed by atoms with van der Waals surface area (Å²) < 4.78 is 18.7. The van der Waals surface area contributed by atoms with Crippen molar-refractivity contribution in [3.63, 3.8) is 0 Å². The third kappa shape index (κ3) is 3.42. The standard InChI is InChI=1S/C45H26B2N4O2/c1-25-42-30(46-28-16-8-18-32-40(28)50(34-20-10-22-36(52-42)38(34)46)44(48-32)26-12-4-2-5-13-26)24-31-43(25)53-37-23-11-21-35-39(37)47(31)29-17-9-19-33-41(29)51(35)45(49-33)27-14-6-3-7-15-27/h2-24H,1H3. The number of ether oxygens (including phenoxy) is 2. The van der Waals surface area contributed by atoms with E-state index in [1.165, 1.54) is 21.9 Å². The lowest BCUT2D eigenvalue weighted by atomic mass is 9.31. The molecule has 0 amide bonds. The number of nitrogens with zero attached hydrogens (tertiary/aromatic N) is 4. The summed E-state index contributed by atoms with van der Waals surface area (Å²) >= 11 is 0. The first-order valence-electron chi connectivity index (χ1n) is 18.2. The molecule has 8 heteroatoms. The molecule has 0 saturated heterocycles. The van der Waals surface area contributed by atoms with Crippen LogP contribution in [0.25, 0.3) is 56.2 Å². The number of fused-ring (bicyclic) bond motifs is 8. The Hall–Kier alpha value is -6.79. The van der Waals surface area contributed by atoms with Gasteiger partial charge in [-0.15, -0.1) is 0 Å². The highest BCUT2D eigenvalue weighted by molar-refractivity contribution is 7.02. The summed E-state index contributed by atoms with van der Waals surface area (Å²) in [5.41, 5.74) is 16.8. The number of aromatic nitrogens is 4. The molecule has 4 aliphatic heterocycles. The predicted molar refractivity (Wildman–Crippen MR) is 214 cm³/mol. The normalized spacial score (nSPS) is 13.6. The lowest BCUT2D eigenvalue weighted by Crippen LogP contribution is -2.62. The SMILES string of the molecule is Cc1c2c(cc3c1Oc1cccc4c1B3c1cccc3nc(-c5ccccc5)n-4c13)B1c3c(cccc3-n3c(-c4ccccc4)nc4cccc1c43)O2. The summed E-state index contributed by atoms with van der Waals surface area (Å²) in [7, 11) is 0. The topological polar surface area (TPSA) is 54.1 Å². The average Bonchev–Trinajstić information content (AvgIpc) is 3.80. The van der Waals surface area contributed by atoms with Crippen LogP contribution in [0.15, 0.2) is 140 Å². The fourth-order valence-electron chi connectivity index (χ4n) is 9.73. The third-order valence-electron chi connectivity index (χ3n) is 11.8. The molecule has 6 heterocycles. The Kier molecular flexibility index (Phi) is 5.13. The molecule has 53 heavy (non-hydrogen) atoms. The summed E-state index contributed by atoms with van der Waals surface area (Å²) in [6.45, 7) is 2.07. The Morgan fingerprint density at radius 3 is 1.40 bits per heavy atom. The molecule has 0 aliphatic carbocycles. The molecule has 0 radical (unpaired) electrons. The Morgan fingerprint density at radius 1 is 0.472 bits per heavy atom. The first kappa shape index (κ1) is 27.9. The Morgan fingerprint density at radius 2 is 0.925 bits per heavy atom. The highest BCUT2D eigenvalue weighted by Gasteiger charge is 2.46. The van der Waals surface area contributed by atoms with Crippen LogP contribution in [0.2, 0.25) is 0 Å². The van der Waals surface area contributed by atoms with E-state index < -0.39 is 0 Å². The lowest BCUT2D eigenvalue weighted by Gasteiger charge is -2.37. The molecule has 0 atom stereocenters. The maximum Gasteiger partial charge on any atom is 0.256 e. The van der Waals surface area contributed by atoms with E-state index in [1.807, 2.05) is 0 Å². The van der Waals surface area contributed by atoms with Crippen LogP contribution in [0, 0.1) is 6.92 Å². The number of hydrogen-bond acceptors (Lipinski definition) is 4.